The average molecular weight is 170 g/mol. The van der Waals surface area contributed by atoms with E-state index in [1.807, 2.05) is 0 Å². The number of hydrogen-bond donors (Lipinski definition) is 0. The van der Waals surface area contributed by atoms with E-state index < -0.39 is 0 Å². The predicted octanol–water partition coefficient (Wildman–Crippen LogP) is 3.09. The van der Waals surface area contributed by atoms with Crippen LogP contribution in [0.5, 0.6) is 0 Å². The molecule has 1 aliphatic heterocycles. The Morgan fingerprint density at radius 3 is 2.00 bits per heavy atom. The highest BCUT2D eigenvalue weighted by Crippen LogP contribution is 2.35. The fourth-order valence-corrected chi connectivity index (χ4v) is 2.24. The molecular weight excluding hydrogens is 148 g/mol. The largest absolute Gasteiger partial charge is 0.375 e. The lowest BCUT2D eigenvalue weighted by atomic mass is 9.76. The van der Waals surface area contributed by atoms with E-state index >= 15 is 0 Å². The van der Waals surface area contributed by atoms with Crippen LogP contribution in [0, 0.1) is 17.8 Å². The Bertz CT molecular complexity index is 139. The highest BCUT2D eigenvalue weighted by Gasteiger charge is 2.35. The van der Waals surface area contributed by atoms with Gasteiger partial charge in [-0.1, -0.05) is 27.7 Å². The molecule has 0 aliphatic carbocycles. The Hall–Kier alpha value is -0.0400. The third-order valence-electron chi connectivity index (χ3n) is 3.78. The number of ether oxygens (including phenoxy) is 1. The molecule has 0 aromatic heterocycles. The van der Waals surface area contributed by atoms with Crippen LogP contribution in [0.2, 0.25) is 0 Å². The molecule has 1 fully saturated rings. The van der Waals surface area contributed by atoms with E-state index in [4.69, 9.17) is 4.74 Å². The molecule has 1 rings (SSSR count). The lowest BCUT2D eigenvalue weighted by Gasteiger charge is -2.42. The van der Waals surface area contributed by atoms with Crippen molar-refractivity contribution in [1.29, 1.82) is 0 Å². The van der Waals surface area contributed by atoms with E-state index in [2.05, 4.69) is 34.6 Å². The second-order valence-electron chi connectivity index (χ2n) is 4.37. The molecule has 3 unspecified atom stereocenters. The lowest BCUT2D eigenvalue weighted by Crippen LogP contribution is -2.42. The summed E-state index contributed by atoms with van der Waals surface area (Å²) in [7, 11) is 0. The van der Waals surface area contributed by atoms with Crippen molar-refractivity contribution in [3.8, 4) is 0 Å². The van der Waals surface area contributed by atoms with Gasteiger partial charge in [0.2, 0.25) is 0 Å². The molecule has 1 nitrogen and oxygen atoms in total. The number of hydrogen-bond acceptors (Lipinski definition) is 1. The van der Waals surface area contributed by atoms with Crippen molar-refractivity contribution in [3.05, 3.63) is 0 Å². The van der Waals surface area contributed by atoms with Gasteiger partial charge >= 0.3 is 0 Å². The van der Waals surface area contributed by atoms with Crippen LogP contribution in [-0.4, -0.2) is 12.2 Å². The van der Waals surface area contributed by atoms with E-state index in [1.54, 1.807) is 0 Å². The standard InChI is InChI=1S/C11H22O/c1-6-11-9(4)7(2)8(3)10(5)12-11/h7-11H,6H2,1-5H3/t7-,8?,9-,10?,11?/m1/s1. The molecule has 0 aromatic carbocycles. The van der Waals surface area contributed by atoms with Crippen molar-refractivity contribution in [2.24, 2.45) is 17.8 Å². The second kappa shape index (κ2) is 3.78. The van der Waals surface area contributed by atoms with E-state index in [0.717, 1.165) is 18.3 Å². The highest BCUT2D eigenvalue weighted by atomic mass is 16.5. The molecule has 0 saturated carbocycles. The van der Waals surface area contributed by atoms with Crippen LogP contribution in [0.3, 0.4) is 0 Å². The minimum Gasteiger partial charge on any atom is -0.375 e. The maximum Gasteiger partial charge on any atom is 0.0604 e. The van der Waals surface area contributed by atoms with E-state index in [-0.39, 0.29) is 0 Å². The molecule has 72 valence electrons. The van der Waals surface area contributed by atoms with Crippen molar-refractivity contribution >= 4 is 0 Å². The second-order valence-corrected chi connectivity index (χ2v) is 4.37. The van der Waals surface area contributed by atoms with Crippen molar-refractivity contribution in [2.45, 2.75) is 53.2 Å². The summed E-state index contributed by atoms with van der Waals surface area (Å²) >= 11 is 0. The Morgan fingerprint density at radius 2 is 1.50 bits per heavy atom. The first kappa shape index (κ1) is 10.0. The van der Waals surface area contributed by atoms with Crippen molar-refractivity contribution in [2.75, 3.05) is 0 Å². The topological polar surface area (TPSA) is 9.23 Å². The van der Waals surface area contributed by atoms with Gasteiger partial charge in [-0.25, -0.2) is 0 Å². The summed E-state index contributed by atoms with van der Waals surface area (Å²) in [5.41, 5.74) is 0. The Kier molecular flexibility index (Phi) is 3.16. The van der Waals surface area contributed by atoms with Gasteiger partial charge in [0.05, 0.1) is 12.2 Å². The third-order valence-corrected chi connectivity index (χ3v) is 3.78. The maximum absolute atomic E-state index is 5.93. The van der Waals surface area contributed by atoms with Gasteiger partial charge in [-0.05, 0) is 31.1 Å². The van der Waals surface area contributed by atoms with Crippen LogP contribution in [0.1, 0.15) is 41.0 Å². The van der Waals surface area contributed by atoms with E-state index in [9.17, 15) is 0 Å². The van der Waals surface area contributed by atoms with Gasteiger partial charge in [0, 0.05) is 0 Å². The van der Waals surface area contributed by atoms with Crippen molar-refractivity contribution < 1.29 is 4.74 Å². The first-order valence-electron chi connectivity index (χ1n) is 5.23. The molecule has 0 amide bonds. The van der Waals surface area contributed by atoms with Crippen LogP contribution in [0.15, 0.2) is 0 Å². The highest BCUT2D eigenvalue weighted by molar-refractivity contribution is 4.83. The van der Waals surface area contributed by atoms with Crippen LogP contribution >= 0.6 is 0 Å². The van der Waals surface area contributed by atoms with Gasteiger partial charge in [-0.15, -0.1) is 0 Å². The summed E-state index contributed by atoms with van der Waals surface area (Å²) in [6.45, 7) is 11.4. The molecule has 0 N–H and O–H groups in total. The molecule has 0 spiro atoms. The van der Waals surface area contributed by atoms with Gasteiger partial charge in [0.15, 0.2) is 0 Å². The first-order chi connectivity index (χ1) is 5.57. The molecule has 1 heteroatoms. The van der Waals surface area contributed by atoms with Gasteiger partial charge in [0.25, 0.3) is 0 Å². The minimum atomic E-state index is 0.446. The Morgan fingerprint density at radius 1 is 0.917 bits per heavy atom. The summed E-state index contributed by atoms with van der Waals surface area (Å²) < 4.78 is 5.93. The SMILES string of the molecule is CCC1OC(C)C(C)[C@@H](C)[C@H]1C. The third kappa shape index (κ3) is 1.66. The summed E-state index contributed by atoms with van der Waals surface area (Å²) in [4.78, 5) is 0. The summed E-state index contributed by atoms with van der Waals surface area (Å²) in [6, 6.07) is 0. The maximum atomic E-state index is 5.93. The molecule has 0 aromatic rings. The smallest absolute Gasteiger partial charge is 0.0604 e. The van der Waals surface area contributed by atoms with Crippen LogP contribution in [0.25, 0.3) is 0 Å². The zero-order valence-electron chi connectivity index (χ0n) is 9.00. The average Bonchev–Trinajstić information content (AvgIpc) is 2.08. The molecule has 1 aliphatic rings. The monoisotopic (exact) mass is 170 g/mol. The van der Waals surface area contributed by atoms with Crippen molar-refractivity contribution in [3.63, 3.8) is 0 Å². The normalized spacial score (nSPS) is 49.2. The zero-order valence-corrected chi connectivity index (χ0v) is 9.00. The summed E-state index contributed by atoms with van der Waals surface area (Å²) in [6.07, 6.45) is 2.09. The van der Waals surface area contributed by atoms with Crippen molar-refractivity contribution in [1.82, 2.24) is 0 Å². The molecule has 0 bridgehead atoms. The molecular formula is C11H22O. The van der Waals surface area contributed by atoms with Gasteiger partial charge in [0.1, 0.15) is 0 Å². The Balaban J connectivity index is 2.63. The summed E-state index contributed by atoms with van der Waals surface area (Å²) in [5, 5.41) is 0. The lowest BCUT2D eigenvalue weighted by molar-refractivity contribution is -0.125. The fourth-order valence-electron chi connectivity index (χ4n) is 2.24. The number of rotatable bonds is 1. The van der Waals surface area contributed by atoms with Crippen LogP contribution in [0.4, 0.5) is 0 Å². The fraction of sp³-hybridized carbons (Fsp3) is 1.00. The first-order valence-corrected chi connectivity index (χ1v) is 5.23. The van der Waals surface area contributed by atoms with E-state index in [0.29, 0.717) is 18.1 Å². The quantitative estimate of drug-likeness (QED) is 0.587. The molecule has 1 heterocycles. The van der Waals surface area contributed by atoms with E-state index in [1.165, 1.54) is 0 Å². The zero-order chi connectivity index (χ0) is 9.30. The summed E-state index contributed by atoms with van der Waals surface area (Å²) in [5.74, 6) is 2.24. The molecule has 5 atom stereocenters. The molecule has 12 heavy (non-hydrogen) atoms. The Labute approximate surface area is 76.5 Å². The molecule has 1 saturated heterocycles. The molecule has 0 radical (unpaired) electrons. The van der Waals surface area contributed by atoms with Gasteiger partial charge < -0.3 is 4.74 Å². The predicted molar refractivity (Wildman–Crippen MR) is 52.1 cm³/mol. The van der Waals surface area contributed by atoms with Gasteiger partial charge in [-0.3, -0.25) is 0 Å². The van der Waals surface area contributed by atoms with Gasteiger partial charge in [-0.2, -0.15) is 0 Å². The van der Waals surface area contributed by atoms with Crippen LogP contribution < -0.4 is 0 Å². The van der Waals surface area contributed by atoms with Crippen LogP contribution in [-0.2, 0) is 4.74 Å². The minimum absolute atomic E-state index is 0.446.